The minimum Gasteiger partial charge on any atom is -0.471 e. The second-order valence-electron chi connectivity index (χ2n) is 5.16. The Hall–Kier alpha value is -1.67. The van der Waals surface area contributed by atoms with Gasteiger partial charge in [-0.05, 0) is 12.1 Å². The molecule has 2 atom stereocenters. The van der Waals surface area contributed by atoms with Crippen molar-refractivity contribution >= 4 is 41.0 Å². The summed E-state index contributed by atoms with van der Waals surface area (Å²) in [5.41, 5.74) is 0.162. The first-order chi connectivity index (χ1) is 11.1. The Balaban J connectivity index is 0.00000208. The SMILES string of the molecule is COC(=O)[C@@]1(OC)C[C@@H](Oc2nc3ccccc3nc2Cl)CN1.Cl. The maximum Gasteiger partial charge on any atom is 0.353 e. The molecule has 0 saturated carbocycles. The lowest BCUT2D eigenvalue weighted by atomic mass is 10.1. The van der Waals surface area contributed by atoms with E-state index in [1.807, 2.05) is 24.3 Å². The topological polar surface area (TPSA) is 82.6 Å². The highest BCUT2D eigenvalue weighted by atomic mass is 35.5. The van der Waals surface area contributed by atoms with E-state index in [9.17, 15) is 4.79 Å². The van der Waals surface area contributed by atoms with Crippen molar-refractivity contribution in [3.8, 4) is 5.88 Å². The molecular weight excluding hydrogens is 357 g/mol. The number of nitrogens with zero attached hydrogens (tertiary/aromatic N) is 2. The van der Waals surface area contributed by atoms with Crippen LogP contribution in [-0.4, -0.2) is 48.5 Å². The number of ether oxygens (including phenoxy) is 3. The highest BCUT2D eigenvalue weighted by molar-refractivity contribution is 6.31. The third kappa shape index (κ3) is 3.39. The predicted molar refractivity (Wildman–Crippen MR) is 90.6 cm³/mol. The molecule has 0 spiro atoms. The monoisotopic (exact) mass is 373 g/mol. The molecule has 1 aliphatic rings. The number of carbonyl (C=O) groups excluding carboxylic acids is 1. The van der Waals surface area contributed by atoms with E-state index < -0.39 is 11.7 Å². The molecule has 0 amide bonds. The number of nitrogens with one attached hydrogen (secondary N) is 1. The molecule has 0 aliphatic carbocycles. The van der Waals surface area contributed by atoms with Gasteiger partial charge in [0.15, 0.2) is 5.15 Å². The summed E-state index contributed by atoms with van der Waals surface area (Å²) in [4.78, 5) is 20.5. The van der Waals surface area contributed by atoms with Crippen LogP contribution in [0.5, 0.6) is 5.88 Å². The van der Waals surface area contributed by atoms with Crippen LogP contribution in [-0.2, 0) is 14.3 Å². The minimum absolute atomic E-state index is 0. The largest absolute Gasteiger partial charge is 0.471 e. The Morgan fingerprint density at radius 2 is 1.96 bits per heavy atom. The van der Waals surface area contributed by atoms with E-state index in [-0.39, 0.29) is 36.0 Å². The smallest absolute Gasteiger partial charge is 0.353 e. The average molecular weight is 374 g/mol. The lowest BCUT2D eigenvalue weighted by molar-refractivity contribution is -0.169. The molecule has 7 nitrogen and oxygen atoms in total. The van der Waals surface area contributed by atoms with Gasteiger partial charge in [-0.25, -0.2) is 14.8 Å². The number of esters is 1. The molecule has 1 fully saturated rings. The van der Waals surface area contributed by atoms with Crippen LogP contribution in [0.2, 0.25) is 5.15 Å². The summed E-state index contributed by atoms with van der Waals surface area (Å²) >= 11 is 6.13. The summed E-state index contributed by atoms with van der Waals surface area (Å²) in [6, 6.07) is 7.37. The Morgan fingerprint density at radius 3 is 2.58 bits per heavy atom. The summed E-state index contributed by atoms with van der Waals surface area (Å²) < 4.78 is 15.9. The zero-order valence-corrected chi connectivity index (χ0v) is 14.7. The van der Waals surface area contributed by atoms with Gasteiger partial charge in [-0.15, -0.1) is 12.4 Å². The molecule has 1 aliphatic heterocycles. The van der Waals surface area contributed by atoms with Crippen molar-refractivity contribution in [1.29, 1.82) is 0 Å². The highest BCUT2D eigenvalue weighted by Gasteiger charge is 2.48. The van der Waals surface area contributed by atoms with Gasteiger partial charge in [-0.1, -0.05) is 23.7 Å². The average Bonchev–Trinajstić information content (AvgIpc) is 2.99. The third-order valence-corrected chi connectivity index (χ3v) is 4.02. The maximum absolute atomic E-state index is 11.9. The summed E-state index contributed by atoms with van der Waals surface area (Å²) in [7, 11) is 2.75. The molecule has 0 unspecified atom stereocenters. The number of benzene rings is 1. The van der Waals surface area contributed by atoms with E-state index in [2.05, 4.69) is 15.3 Å². The number of aromatic nitrogens is 2. The van der Waals surface area contributed by atoms with Crippen LogP contribution in [0.25, 0.3) is 11.0 Å². The molecule has 1 saturated heterocycles. The van der Waals surface area contributed by atoms with Crippen molar-refractivity contribution in [2.45, 2.75) is 18.2 Å². The standard InChI is InChI=1S/C15H16ClN3O4.ClH/c1-21-14(20)15(22-2)7-9(8-17-15)23-13-12(16)18-10-5-3-4-6-11(10)19-13;/h3-6,9,17H,7-8H2,1-2H3;1H/t9-,15+;/m1./s1. The molecule has 1 aromatic heterocycles. The summed E-state index contributed by atoms with van der Waals surface area (Å²) in [5.74, 6) is -0.268. The van der Waals surface area contributed by atoms with Gasteiger partial charge in [0.2, 0.25) is 5.72 Å². The van der Waals surface area contributed by atoms with E-state index in [1.165, 1.54) is 14.2 Å². The fourth-order valence-electron chi connectivity index (χ4n) is 2.58. The van der Waals surface area contributed by atoms with Crippen LogP contribution in [0.15, 0.2) is 24.3 Å². The van der Waals surface area contributed by atoms with Crippen molar-refractivity contribution in [2.75, 3.05) is 20.8 Å². The summed E-state index contributed by atoms with van der Waals surface area (Å²) in [6.45, 7) is 0.397. The van der Waals surface area contributed by atoms with Crippen LogP contribution in [0.3, 0.4) is 0 Å². The van der Waals surface area contributed by atoms with E-state index >= 15 is 0 Å². The summed E-state index contributed by atoms with van der Waals surface area (Å²) in [5, 5.41) is 3.16. The predicted octanol–water partition coefficient (Wildman–Crippen LogP) is 1.96. The molecule has 24 heavy (non-hydrogen) atoms. The number of hydrogen-bond donors (Lipinski definition) is 1. The molecule has 2 aromatic rings. The fourth-order valence-corrected chi connectivity index (χ4v) is 2.76. The Kier molecular flexibility index (Phi) is 5.82. The Bertz CT molecular complexity index is 746. The zero-order valence-electron chi connectivity index (χ0n) is 13.1. The van der Waals surface area contributed by atoms with Crippen LogP contribution < -0.4 is 10.1 Å². The van der Waals surface area contributed by atoms with Crippen molar-refractivity contribution in [1.82, 2.24) is 15.3 Å². The number of fused-ring (bicyclic) bond motifs is 1. The van der Waals surface area contributed by atoms with Gasteiger partial charge in [-0.2, -0.15) is 0 Å². The first-order valence-corrected chi connectivity index (χ1v) is 7.43. The number of methoxy groups -OCH3 is 2. The molecular formula is C15H17Cl2N3O4. The Morgan fingerprint density at radius 1 is 1.29 bits per heavy atom. The quantitative estimate of drug-likeness (QED) is 0.820. The number of hydrogen-bond acceptors (Lipinski definition) is 7. The van der Waals surface area contributed by atoms with Gasteiger partial charge < -0.3 is 14.2 Å². The first-order valence-electron chi connectivity index (χ1n) is 7.05. The van der Waals surface area contributed by atoms with Gasteiger partial charge in [0.1, 0.15) is 6.10 Å². The number of halogens is 2. The normalized spacial score (nSPS) is 22.9. The lowest BCUT2D eigenvalue weighted by Crippen LogP contribution is -2.49. The molecule has 0 radical (unpaired) electrons. The number of para-hydroxylation sites is 2. The molecule has 1 N–H and O–H groups in total. The molecule has 2 heterocycles. The van der Waals surface area contributed by atoms with E-state index in [0.29, 0.717) is 17.6 Å². The van der Waals surface area contributed by atoms with E-state index in [0.717, 1.165) is 0 Å². The Labute approximate surface area is 150 Å². The zero-order chi connectivity index (χ0) is 16.4. The second kappa shape index (κ2) is 7.48. The van der Waals surface area contributed by atoms with E-state index in [4.69, 9.17) is 25.8 Å². The van der Waals surface area contributed by atoms with Crippen molar-refractivity contribution in [3.05, 3.63) is 29.4 Å². The fraction of sp³-hybridized carbons (Fsp3) is 0.400. The minimum atomic E-state index is -1.21. The third-order valence-electron chi connectivity index (χ3n) is 3.77. The first kappa shape index (κ1) is 18.7. The second-order valence-corrected chi connectivity index (χ2v) is 5.51. The number of rotatable bonds is 4. The molecule has 130 valence electrons. The van der Waals surface area contributed by atoms with Gasteiger partial charge in [-0.3, -0.25) is 5.32 Å². The van der Waals surface area contributed by atoms with Crippen LogP contribution in [0.1, 0.15) is 6.42 Å². The van der Waals surface area contributed by atoms with Crippen LogP contribution >= 0.6 is 24.0 Å². The van der Waals surface area contributed by atoms with Gasteiger partial charge in [0.05, 0.1) is 18.1 Å². The van der Waals surface area contributed by atoms with Crippen LogP contribution in [0, 0.1) is 0 Å². The van der Waals surface area contributed by atoms with E-state index in [1.54, 1.807) is 0 Å². The molecule has 0 bridgehead atoms. The molecule has 1 aromatic carbocycles. The van der Waals surface area contributed by atoms with Gasteiger partial charge in [0.25, 0.3) is 5.88 Å². The van der Waals surface area contributed by atoms with Gasteiger partial charge in [0, 0.05) is 20.1 Å². The maximum atomic E-state index is 11.9. The van der Waals surface area contributed by atoms with Crippen LogP contribution in [0.4, 0.5) is 0 Å². The van der Waals surface area contributed by atoms with Crippen molar-refractivity contribution in [2.24, 2.45) is 0 Å². The number of carbonyl (C=O) groups is 1. The van der Waals surface area contributed by atoms with Crippen molar-refractivity contribution < 1.29 is 19.0 Å². The summed E-state index contributed by atoms with van der Waals surface area (Å²) in [6.07, 6.45) is -0.0666. The van der Waals surface area contributed by atoms with Crippen molar-refractivity contribution in [3.63, 3.8) is 0 Å². The molecule has 3 rings (SSSR count). The highest BCUT2D eigenvalue weighted by Crippen LogP contribution is 2.29. The van der Waals surface area contributed by atoms with Gasteiger partial charge >= 0.3 is 5.97 Å². The lowest BCUT2D eigenvalue weighted by Gasteiger charge is -2.24. The molecule has 9 heteroatoms.